The molecule has 0 saturated carbocycles. The van der Waals surface area contributed by atoms with Crippen molar-refractivity contribution in [2.75, 3.05) is 4.90 Å². The first-order valence-electron chi connectivity index (χ1n) is 18.9. The van der Waals surface area contributed by atoms with Crippen molar-refractivity contribution in [2.24, 2.45) is 0 Å². The van der Waals surface area contributed by atoms with Gasteiger partial charge in [0.2, 0.25) is 0 Å². The molecule has 0 saturated heterocycles. The van der Waals surface area contributed by atoms with Crippen molar-refractivity contribution >= 4 is 50.0 Å². The molecule has 0 spiro atoms. The molecule has 5 nitrogen and oxygen atoms in total. The third-order valence-electron chi connectivity index (χ3n) is 10.8. The Morgan fingerprint density at radius 1 is 0.411 bits per heavy atom. The number of hydrogen-bond acceptors (Lipinski definition) is 4. The molecule has 0 amide bonds. The Balaban J connectivity index is 1.13. The van der Waals surface area contributed by atoms with Gasteiger partial charge in [-0.3, -0.25) is 0 Å². The summed E-state index contributed by atoms with van der Waals surface area (Å²) in [6, 6.07) is 66.0. The first-order chi connectivity index (χ1) is 27.8. The summed E-state index contributed by atoms with van der Waals surface area (Å²) in [5.41, 5.74) is 12.1. The van der Waals surface area contributed by atoms with Crippen molar-refractivity contribution in [1.82, 2.24) is 19.5 Å². The molecule has 262 valence electrons. The molecular formula is C51H33N5. The summed E-state index contributed by atoms with van der Waals surface area (Å²) < 4.78 is 2.45. The van der Waals surface area contributed by atoms with Crippen LogP contribution in [0, 0.1) is 0 Å². The van der Waals surface area contributed by atoms with Crippen molar-refractivity contribution < 1.29 is 0 Å². The summed E-state index contributed by atoms with van der Waals surface area (Å²) in [6.07, 6.45) is 4.45. The highest BCUT2D eigenvalue weighted by molar-refractivity contribution is 6.26. The highest BCUT2D eigenvalue weighted by atomic mass is 15.1. The molecule has 5 heteroatoms. The molecule has 2 aromatic heterocycles. The Bertz CT molecular complexity index is 3040. The largest absolute Gasteiger partial charge is 0.315 e. The minimum Gasteiger partial charge on any atom is -0.315 e. The maximum atomic E-state index is 4.99. The topological polar surface area (TPSA) is 46.8 Å². The number of aromatic nitrogens is 4. The molecule has 0 N–H and O–H groups in total. The monoisotopic (exact) mass is 715 g/mol. The molecule has 0 unspecified atom stereocenters. The Morgan fingerprint density at radius 2 is 0.946 bits per heavy atom. The van der Waals surface area contributed by atoms with Crippen molar-refractivity contribution in [3.8, 4) is 51.0 Å². The predicted molar refractivity (Wildman–Crippen MR) is 231 cm³/mol. The molecule has 1 aliphatic heterocycles. The van der Waals surface area contributed by atoms with Crippen LogP contribution in [0.5, 0.6) is 0 Å². The summed E-state index contributed by atoms with van der Waals surface area (Å²) in [4.78, 5) is 17.2. The molecule has 1 aliphatic rings. The fourth-order valence-electron chi connectivity index (χ4n) is 8.23. The minimum absolute atomic E-state index is 0.638. The standard InChI is InChI=1S/C51H33N5/c1-5-15-36(16-6-1)49-52-50(37-17-7-2-8-18-37)54-51(53-49)38-29-27-34(28-30-38)42-25-14-26-44-46(42)43-33-39-20-13-19-35-31-32-55(40-21-9-3-10-22-40)48(45(35)39)47(43)56(44)41-23-11-4-12-24-41/h1-33H. The van der Waals surface area contributed by atoms with E-state index in [1.165, 1.54) is 43.9 Å². The number of fused-ring (bicyclic) bond motifs is 4. The van der Waals surface area contributed by atoms with Crippen molar-refractivity contribution in [3.05, 3.63) is 200 Å². The lowest BCUT2D eigenvalue weighted by molar-refractivity contribution is 1.07. The summed E-state index contributed by atoms with van der Waals surface area (Å²) in [5, 5.41) is 4.88. The van der Waals surface area contributed by atoms with Gasteiger partial charge >= 0.3 is 0 Å². The van der Waals surface area contributed by atoms with Gasteiger partial charge in [0.25, 0.3) is 0 Å². The van der Waals surface area contributed by atoms with Crippen molar-refractivity contribution in [3.63, 3.8) is 0 Å². The summed E-state index contributed by atoms with van der Waals surface area (Å²) >= 11 is 0. The van der Waals surface area contributed by atoms with E-state index in [0.29, 0.717) is 17.5 Å². The van der Waals surface area contributed by atoms with Gasteiger partial charge in [0.1, 0.15) is 0 Å². The van der Waals surface area contributed by atoms with Crippen LogP contribution in [0.25, 0.3) is 89.6 Å². The molecular weight excluding hydrogens is 683 g/mol. The predicted octanol–water partition coefficient (Wildman–Crippen LogP) is 12.9. The maximum Gasteiger partial charge on any atom is 0.164 e. The van der Waals surface area contributed by atoms with Crippen molar-refractivity contribution in [1.29, 1.82) is 0 Å². The van der Waals surface area contributed by atoms with Gasteiger partial charge in [-0.2, -0.15) is 0 Å². The second-order valence-corrected chi connectivity index (χ2v) is 14.1. The van der Waals surface area contributed by atoms with E-state index >= 15 is 0 Å². The van der Waals surface area contributed by atoms with E-state index in [-0.39, 0.29) is 0 Å². The normalized spacial score (nSPS) is 12.2. The fourth-order valence-corrected chi connectivity index (χ4v) is 8.23. The number of nitrogens with zero attached hydrogens (tertiary/aromatic N) is 5. The molecule has 0 aliphatic carbocycles. The van der Waals surface area contributed by atoms with E-state index in [1.54, 1.807) is 0 Å². The van der Waals surface area contributed by atoms with E-state index < -0.39 is 0 Å². The van der Waals surface area contributed by atoms with E-state index in [9.17, 15) is 0 Å². The lowest BCUT2D eigenvalue weighted by Crippen LogP contribution is -2.13. The molecule has 0 fully saturated rings. The van der Waals surface area contributed by atoms with Gasteiger partial charge in [0.15, 0.2) is 17.5 Å². The molecule has 11 rings (SSSR count). The van der Waals surface area contributed by atoms with Gasteiger partial charge in [-0.15, -0.1) is 0 Å². The zero-order valence-corrected chi connectivity index (χ0v) is 30.3. The third-order valence-corrected chi connectivity index (χ3v) is 10.8. The highest BCUT2D eigenvalue weighted by Gasteiger charge is 2.26. The van der Waals surface area contributed by atoms with E-state index in [1.807, 2.05) is 60.7 Å². The lowest BCUT2D eigenvalue weighted by Gasteiger charge is -2.28. The fraction of sp³-hybridized carbons (Fsp3) is 0. The van der Waals surface area contributed by atoms with Crippen LogP contribution in [0.3, 0.4) is 0 Å². The van der Waals surface area contributed by atoms with Gasteiger partial charge < -0.3 is 9.47 Å². The maximum absolute atomic E-state index is 4.99. The van der Waals surface area contributed by atoms with Crippen LogP contribution in [-0.2, 0) is 0 Å². The number of benzene rings is 8. The van der Waals surface area contributed by atoms with Crippen LogP contribution < -0.4 is 4.90 Å². The second-order valence-electron chi connectivity index (χ2n) is 14.1. The van der Waals surface area contributed by atoms with Crippen molar-refractivity contribution in [2.45, 2.75) is 0 Å². The molecule has 3 heterocycles. The molecule has 0 bridgehead atoms. The smallest absolute Gasteiger partial charge is 0.164 e. The zero-order valence-electron chi connectivity index (χ0n) is 30.3. The molecule has 8 aromatic carbocycles. The molecule has 0 atom stereocenters. The number of para-hydroxylation sites is 2. The molecule has 10 aromatic rings. The molecule has 56 heavy (non-hydrogen) atoms. The lowest BCUT2D eigenvalue weighted by atomic mass is 9.94. The van der Waals surface area contributed by atoms with Gasteiger partial charge in [0, 0.05) is 50.4 Å². The second kappa shape index (κ2) is 13.0. The number of rotatable bonds is 6. The van der Waals surface area contributed by atoms with E-state index in [4.69, 9.17) is 15.0 Å². The van der Waals surface area contributed by atoms with Crippen LogP contribution in [0.15, 0.2) is 194 Å². The van der Waals surface area contributed by atoms with Crippen LogP contribution >= 0.6 is 0 Å². The first-order valence-corrected chi connectivity index (χ1v) is 18.9. The van der Waals surface area contributed by atoms with E-state index in [2.05, 4.69) is 149 Å². The Kier molecular flexibility index (Phi) is 7.42. The average molecular weight is 716 g/mol. The van der Waals surface area contributed by atoms with Gasteiger partial charge in [-0.1, -0.05) is 152 Å². The van der Waals surface area contributed by atoms with Gasteiger partial charge in [0.05, 0.1) is 16.7 Å². The highest BCUT2D eigenvalue weighted by Crippen LogP contribution is 2.49. The van der Waals surface area contributed by atoms with Crippen LogP contribution in [0.2, 0.25) is 0 Å². The number of hydrogen-bond donors (Lipinski definition) is 0. The summed E-state index contributed by atoms with van der Waals surface area (Å²) in [5.74, 6) is 1.94. The molecule has 0 radical (unpaired) electrons. The number of anilines is 2. The Labute approximate surface area is 324 Å². The van der Waals surface area contributed by atoms with E-state index in [0.717, 1.165) is 39.1 Å². The quantitative estimate of drug-likeness (QED) is 0.172. The van der Waals surface area contributed by atoms with Gasteiger partial charge in [-0.25, -0.2) is 15.0 Å². The Morgan fingerprint density at radius 3 is 1.57 bits per heavy atom. The SMILES string of the molecule is C1=CN(c2ccccc2)c2c3c1cccc3cc1c3c(-c4ccc(-c5nc(-c6ccccc6)nc(-c6ccccc6)n5)cc4)cccc3n(-c3ccccc3)c21. The minimum atomic E-state index is 0.638. The first kappa shape index (κ1) is 31.9. The average Bonchev–Trinajstić information content (AvgIpc) is 3.62. The zero-order chi connectivity index (χ0) is 37.0. The van der Waals surface area contributed by atoms with Crippen LogP contribution in [0.4, 0.5) is 11.4 Å². The van der Waals surface area contributed by atoms with Crippen LogP contribution in [-0.4, -0.2) is 19.5 Å². The summed E-state index contributed by atoms with van der Waals surface area (Å²) in [6.45, 7) is 0. The Hall–Kier alpha value is -7.63. The third kappa shape index (κ3) is 5.21. The van der Waals surface area contributed by atoms with Crippen LogP contribution in [0.1, 0.15) is 5.56 Å². The van der Waals surface area contributed by atoms with Gasteiger partial charge in [-0.05, 0) is 64.6 Å². The summed E-state index contributed by atoms with van der Waals surface area (Å²) in [7, 11) is 0.